The Balaban J connectivity index is 1.43. The second kappa shape index (κ2) is 7.44. The summed E-state index contributed by atoms with van der Waals surface area (Å²) < 4.78 is 23.2. The number of carbonyl (C=O) groups excluding carboxylic acids is 2. The average molecular weight is 367 g/mol. The molecule has 0 bridgehead atoms. The van der Waals surface area contributed by atoms with Gasteiger partial charge in [0.2, 0.25) is 5.91 Å². The Kier molecular flexibility index (Phi) is 5.28. The smallest absolute Gasteiger partial charge is 0.271 e. The van der Waals surface area contributed by atoms with Gasteiger partial charge >= 0.3 is 0 Å². The van der Waals surface area contributed by atoms with Gasteiger partial charge in [-0.05, 0) is 6.42 Å². The fourth-order valence-electron chi connectivity index (χ4n) is 3.17. The molecule has 25 heavy (non-hydrogen) atoms. The molecule has 3 rings (SSSR count). The number of sulfone groups is 1. The van der Waals surface area contributed by atoms with Crippen LogP contribution in [0.25, 0.3) is 0 Å². The van der Waals surface area contributed by atoms with E-state index >= 15 is 0 Å². The van der Waals surface area contributed by atoms with Crippen molar-refractivity contribution < 1.29 is 18.0 Å². The van der Waals surface area contributed by atoms with E-state index < -0.39 is 15.7 Å². The van der Waals surface area contributed by atoms with Crippen LogP contribution in [-0.4, -0.2) is 90.3 Å². The van der Waals surface area contributed by atoms with Crippen LogP contribution in [0.3, 0.4) is 0 Å². The van der Waals surface area contributed by atoms with E-state index in [1.165, 1.54) is 18.6 Å². The first kappa shape index (κ1) is 17.7. The second-order valence-corrected chi connectivity index (χ2v) is 8.48. The summed E-state index contributed by atoms with van der Waals surface area (Å²) in [6.45, 7) is 2.30. The third kappa shape index (κ3) is 4.51. The maximum Gasteiger partial charge on any atom is 0.271 e. The molecule has 0 spiro atoms. The summed E-state index contributed by atoms with van der Waals surface area (Å²) in [7, 11) is -2.90. The van der Waals surface area contributed by atoms with Crippen molar-refractivity contribution in [3.63, 3.8) is 0 Å². The minimum absolute atomic E-state index is 0.0682. The van der Waals surface area contributed by atoms with Crippen LogP contribution in [0.5, 0.6) is 0 Å². The molecule has 1 N–H and O–H groups in total. The largest absolute Gasteiger partial charge is 0.342 e. The van der Waals surface area contributed by atoms with Crippen molar-refractivity contribution >= 4 is 21.7 Å². The summed E-state index contributed by atoms with van der Waals surface area (Å²) in [6.07, 6.45) is 4.90. The van der Waals surface area contributed by atoms with Crippen molar-refractivity contribution in [2.45, 2.75) is 12.5 Å². The average Bonchev–Trinajstić information content (AvgIpc) is 3.00. The molecule has 10 heteroatoms. The highest BCUT2D eigenvalue weighted by molar-refractivity contribution is 7.91. The van der Waals surface area contributed by atoms with Crippen molar-refractivity contribution in [3.8, 4) is 0 Å². The normalized spacial score (nSPS) is 23.4. The zero-order valence-electron chi connectivity index (χ0n) is 13.8. The van der Waals surface area contributed by atoms with Gasteiger partial charge in [-0.1, -0.05) is 0 Å². The lowest BCUT2D eigenvalue weighted by Gasteiger charge is -2.37. The predicted molar refractivity (Wildman–Crippen MR) is 89.6 cm³/mol. The van der Waals surface area contributed by atoms with Crippen molar-refractivity contribution in [3.05, 3.63) is 24.3 Å². The standard InChI is InChI=1S/C15H21N5O4S/c21-14(10-18-15(22)13-9-16-2-3-17-13)20-6-4-19(5-7-20)12-1-8-25(23,24)11-12/h2-3,9,12H,1,4-8,10-11H2,(H,18,22)/t12-/m0/s1. The van der Waals surface area contributed by atoms with Crippen molar-refractivity contribution in [2.24, 2.45) is 0 Å². The third-order valence-electron chi connectivity index (χ3n) is 4.59. The fourth-order valence-corrected chi connectivity index (χ4v) is 4.94. The second-order valence-electron chi connectivity index (χ2n) is 6.25. The predicted octanol–water partition coefficient (Wildman–Crippen LogP) is -1.46. The lowest BCUT2D eigenvalue weighted by Crippen LogP contribution is -2.54. The lowest BCUT2D eigenvalue weighted by molar-refractivity contribution is -0.132. The first-order valence-corrected chi connectivity index (χ1v) is 10.0. The maximum atomic E-state index is 12.2. The molecule has 0 saturated carbocycles. The van der Waals surface area contributed by atoms with E-state index in [2.05, 4.69) is 20.2 Å². The molecule has 2 aliphatic rings. The number of amides is 2. The molecular formula is C15H21N5O4S. The van der Waals surface area contributed by atoms with E-state index in [0.717, 1.165) is 0 Å². The minimum atomic E-state index is -2.90. The highest BCUT2D eigenvalue weighted by atomic mass is 32.2. The van der Waals surface area contributed by atoms with Crippen LogP contribution >= 0.6 is 0 Å². The molecule has 1 atom stereocenters. The van der Waals surface area contributed by atoms with Gasteiger partial charge in [0.1, 0.15) is 5.69 Å². The van der Waals surface area contributed by atoms with Crippen LogP contribution in [0.15, 0.2) is 18.6 Å². The quantitative estimate of drug-likeness (QED) is 0.692. The Morgan fingerprint density at radius 1 is 1.20 bits per heavy atom. The van der Waals surface area contributed by atoms with Crippen molar-refractivity contribution in [1.29, 1.82) is 0 Å². The van der Waals surface area contributed by atoms with Crippen LogP contribution in [0.2, 0.25) is 0 Å². The Labute approximate surface area is 146 Å². The molecule has 2 saturated heterocycles. The van der Waals surface area contributed by atoms with Gasteiger partial charge in [-0.15, -0.1) is 0 Å². The van der Waals surface area contributed by atoms with Gasteiger partial charge in [-0.3, -0.25) is 19.5 Å². The SMILES string of the molecule is O=C(NCC(=O)N1CCN([C@H]2CCS(=O)(=O)C2)CC1)c1cnccn1. The van der Waals surface area contributed by atoms with E-state index in [-0.39, 0.29) is 35.7 Å². The highest BCUT2D eigenvalue weighted by Gasteiger charge is 2.34. The summed E-state index contributed by atoms with van der Waals surface area (Å²) in [5, 5.41) is 2.55. The van der Waals surface area contributed by atoms with Crippen LogP contribution < -0.4 is 5.32 Å². The minimum Gasteiger partial charge on any atom is -0.342 e. The van der Waals surface area contributed by atoms with Gasteiger partial charge < -0.3 is 10.2 Å². The van der Waals surface area contributed by atoms with Gasteiger partial charge in [0.15, 0.2) is 9.84 Å². The van der Waals surface area contributed by atoms with E-state index in [1.54, 1.807) is 4.90 Å². The molecule has 136 valence electrons. The summed E-state index contributed by atoms with van der Waals surface area (Å²) in [4.78, 5) is 35.6. The number of hydrogen-bond donors (Lipinski definition) is 1. The van der Waals surface area contributed by atoms with Crippen LogP contribution in [0.4, 0.5) is 0 Å². The fraction of sp³-hybridized carbons (Fsp3) is 0.600. The molecule has 1 aromatic heterocycles. The number of nitrogens with zero attached hydrogens (tertiary/aromatic N) is 4. The van der Waals surface area contributed by atoms with Gasteiger partial charge in [0, 0.05) is 44.6 Å². The van der Waals surface area contributed by atoms with E-state index in [9.17, 15) is 18.0 Å². The van der Waals surface area contributed by atoms with Gasteiger partial charge in [-0.2, -0.15) is 0 Å². The summed E-state index contributed by atoms with van der Waals surface area (Å²) in [5.41, 5.74) is 0.169. The van der Waals surface area contributed by atoms with Crippen molar-refractivity contribution in [1.82, 2.24) is 25.1 Å². The number of rotatable bonds is 4. The molecule has 2 aliphatic heterocycles. The molecule has 0 unspecified atom stereocenters. The molecule has 9 nitrogen and oxygen atoms in total. The van der Waals surface area contributed by atoms with Crippen LogP contribution in [0.1, 0.15) is 16.9 Å². The Bertz CT molecular complexity index is 732. The Morgan fingerprint density at radius 3 is 2.56 bits per heavy atom. The number of piperazine rings is 1. The molecule has 2 amide bonds. The third-order valence-corrected chi connectivity index (χ3v) is 6.34. The number of nitrogens with one attached hydrogen (secondary N) is 1. The maximum absolute atomic E-state index is 12.2. The van der Waals surface area contributed by atoms with E-state index in [4.69, 9.17) is 0 Å². The number of hydrogen-bond acceptors (Lipinski definition) is 7. The first-order chi connectivity index (χ1) is 11.9. The van der Waals surface area contributed by atoms with Crippen molar-refractivity contribution in [2.75, 3.05) is 44.2 Å². The summed E-state index contributed by atoms with van der Waals surface area (Å²) in [5.74, 6) is -0.118. The monoisotopic (exact) mass is 367 g/mol. The first-order valence-electron chi connectivity index (χ1n) is 8.21. The molecular weight excluding hydrogens is 346 g/mol. The van der Waals surface area contributed by atoms with Crippen LogP contribution in [-0.2, 0) is 14.6 Å². The molecule has 3 heterocycles. The molecule has 2 fully saturated rings. The van der Waals surface area contributed by atoms with Gasteiger partial charge in [0.25, 0.3) is 5.91 Å². The van der Waals surface area contributed by atoms with E-state index in [0.29, 0.717) is 32.6 Å². The highest BCUT2D eigenvalue weighted by Crippen LogP contribution is 2.19. The Morgan fingerprint density at radius 2 is 1.96 bits per heavy atom. The topological polar surface area (TPSA) is 113 Å². The van der Waals surface area contributed by atoms with Gasteiger partial charge in [0.05, 0.1) is 24.2 Å². The zero-order valence-corrected chi connectivity index (χ0v) is 14.6. The molecule has 0 radical (unpaired) electrons. The van der Waals surface area contributed by atoms with Crippen LogP contribution in [0, 0.1) is 0 Å². The molecule has 0 aromatic carbocycles. The Hall–Kier alpha value is -2.07. The number of aromatic nitrogens is 2. The summed E-state index contributed by atoms with van der Waals surface area (Å²) in [6, 6.07) is 0.0682. The molecule has 1 aromatic rings. The molecule has 0 aliphatic carbocycles. The number of carbonyl (C=O) groups is 2. The van der Waals surface area contributed by atoms with Gasteiger partial charge in [-0.25, -0.2) is 13.4 Å². The van der Waals surface area contributed by atoms with E-state index in [1.807, 2.05) is 0 Å². The summed E-state index contributed by atoms with van der Waals surface area (Å²) >= 11 is 0. The lowest BCUT2D eigenvalue weighted by atomic mass is 10.2. The zero-order chi connectivity index (χ0) is 17.9.